The van der Waals surface area contributed by atoms with Crippen LogP contribution >= 0.6 is 0 Å². The van der Waals surface area contributed by atoms with Gasteiger partial charge in [-0.25, -0.2) is 0 Å². The van der Waals surface area contributed by atoms with Crippen molar-refractivity contribution < 1.29 is 4.79 Å². The lowest BCUT2D eigenvalue weighted by atomic mass is 9.83. The van der Waals surface area contributed by atoms with Crippen LogP contribution in [-0.4, -0.2) is 5.78 Å². The fourth-order valence-electron chi connectivity index (χ4n) is 0.856. The third kappa shape index (κ3) is 1.67. The van der Waals surface area contributed by atoms with Crippen molar-refractivity contribution >= 4 is 5.78 Å². The molecule has 1 aliphatic carbocycles. The summed E-state index contributed by atoms with van der Waals surface area (Å²) in [7, 11) is 0. The summed E-state index contributed by atoms with van der Waals surface area (Å²) < 4.78 is 0. The van der Waals surface area contributed by atoms with Crippen LogP contribution < -0.4 is 0 Å². The van der Waals surface area contributed by atoms with Gasteiger partial charge >= 0.3 is 0 Å². The minimum absolute atomic E-state index is 0.148. The highest BCUT2D eigenvalue weighted by Crippen LogP contribution is 2.27. The molecule has 0 aromatic heterocycles. The molecule has 0 spiro atoms. The molecule has 49 valence electrons. The Labute approximate surface area is 55.8 Å². The minimum atomic E-state index is 0.148. The van der Waals surface area contributed by atoms with Crippen molar-refractivity contribution in [2.75, 3.05) is 0 Å². The smallest absolute Gasteiger partial charge is 0.163 e. The SMILES string of the molecule is CC1(C)C=[C]C(=O)CC1. The molecular formula is C8H11O. The van der Waals surface area contributed by atoms with Crippen LogP contribution in [0.5, 0.6) is 0 Å². The molecule has 0 amide bonds. The van der Waals surface area contributed by atoms with E-state index in [0.29, 0.717) is 6.42 Å². The van der Waals surface area contributed by atoms with Crippen molar-refractivity contribution in [2.24, 2.45) is 5.41 Å². The summed E-state index contributed by atoms with van der Waals surface area (Å²) >= 11 is 0. The van der Waals surface area contributed by atoms with E-state index in [-0.39, 0.29) is 11.2 Å². The fourth-order valence-corrected chi connectivity index (χ4v) is 0.856. The molecule has 1 heteroatoms. The van der Waals surface area contributed by atoms with Gasteiger partial charge in [-0.2, -0.15) is 0 Å². The van der Waals surface area contributed by atoms with E-state index in [1.54, 1.807) is 0 Å². The molecule has 0 heterocycles. The number of hydrogen-bond donors (Lipinski definition) is 0. The van der Waals surface area contributed by atoms with E-state index in [0.717, 1.165) is 6.42 Å². The van der Waals surface area contributed by atoms with Gasteiger partial charge in [-0.3, -0.25) is 4.79 Å². The average molecular weight is 123 g/mol. The van der Waals surface area contributed by atoms with Crippen LogP contribution in [0.1, 0.15) is 26.7 Å². The van der Waals surface area contributed by atoms with Gasteiger partial charge in [0.1, 0.15) is 0 Å². The van der Waals surface area contributed by atoms with Crippen molar-refractivity contribution in [2.45, 2.75) is 26.7 Å². The highest BCUT2D eigenvalue weighted by atomic mass is 16.1. The van der Waals surface area contributed by atoms with E-state index in [2.05, 4.69) is 19.9 Å². The maximum Gasteiger partial charge on any atom is 0.163 e. The largest absolute Gasteiger partial charge is 0.294 e. The predicted molar refractivity (Wildman–Crippen MR) is 35.8 cm³/mol. The number of carbonyl (C=O) groups excluding carboxylic acids is 1. The molecule has 0 saturated heterocycles. The summed E-state index contributed by atoms with van der Waals surface area (Å²) in [6.07, 6.45) is 6.22. The lowest BCUT2D eigenvalue weighted by molar-refractivity contribution is -0.116. The van der Waals surface area contributed by atoms with Crippen molar-refractivity contribution in [3.63, 3.8) is 0 Å². The molecule has 0 saturated carbocycles. The van der Waals surface area contributed by atoms with Crippen LogP contribution in [0.4, 0.5) is 0 Å². The van der Waals surface area contributed by atoms with Gasteiger partial charge in [-0.05, 0) is 11.8 Å². The quantitative estimate of drug-likeness (QED) is 0.479. The van der Waals surface area contributed by atoms with Crippen molar-refractivity contribution in [3.8, 4) is 0 Å². The van der Waals surface area contributed by atoms with Crippen LogP contribution in [0.25, 0.3) is 0 Å². The van der Waals surface area contributed by atoms with Gasteiger partial charge in [-0.1, -0.05) is 19.9 Å². The molecule has 1 radical (unpaired) electrons. The lowest BCUT2D eigenvalue weighted by Crippen LogP contribution is -2.15. The fraction of sp³-hybridized carbons (Fsp3) is 0.625. The van der Waals surface area contributed by atoms with Gasteiger partial charge < -0.3 is 0 Å². The first-order valence-corrected chi connectivity index (χ1v) is 3.24. The number of carbonyl (C=O) groups is 1. The van der Waals surface area contributed by atoms with Gasteiger partial charge in [0.2, 0.25) is 0 Å². The molecular weight excluding hydrogens is 112 g/mol. The van der Waals surface area contributed by atoms with Crippen LogP contribution in [0, 0.1) is 11.5 Å². The van der Waals surface area contributed by atoms with Crippen LogP contribution in [0.15, 0.2) is 6.08 Å². The van der Waals surface area contributed by atoms with Gasteiger partial charge in [0.15, 0.2) is 5.78 Å². The third-order valence-corrected chi connectivity index (χ3v) is 1.62. The standard InChI is InChI=1S/C8H11O/c1-8(2)5-3-7(9)4-6-8/h6H,3,5H2,1-2H3. The molecule has 0 bridgehead atoms. The van der Waals surface area contributed by atoms with Crippen LogP contribution in [0.2, 0.25) is 0 Å². The maximum absolute atomic E-state index is 10.6. The Hall–Kier alpha value is -0.590. The molecule has 1 aliphatic rings. The van der Waals surface area contributed by atoms with Crippen molar-refractivity contribution in [1.82, 2.24) is 0 Å². The van der Waals surface area contributed by atoms with E-state index in [1.807, 2.05) is 6.08 Å². The summed E-state index contributed by atoms with van der Waals surface area (Å²) in [5, 5.41) is 0. The molecule has 0 aromatic rings. The van der Waals surface area contributed by atoms with Gasteiger partial charge in [0.05, 0.1) is 0 Å². The van der Waals surface area contributed by atoms with Crippen LogP contribution in [-0.2, 0) is 4.79 Å². The summed E-state index contributed by atoms with van der Waals surface area (Å²) in [5.41, 5.74) is 0.202. The summed E-state index contributed by atoms with van der Waals surface area (Å²) in [6, 6.07) is 0. The van der Waals surface area contributed by atoms with Crippen LogP contribution in [0.3, 0.4) is 0 Å². The zero-order valence-electron chi connectivity index (χ0n) is 5.90. The zero-order chi connectivity index (χ0) is 6.91. The maximum atomic E-state index is 10.6. The Balaban J connectivity index is 2.69. The molecule has 0 unspecified atom stereocenters. The predicted octanol–water partition coefficient (Wildman–Crippen LogP) is 1.73. The van der Waals surface area contributed by atoms with Gasteiger partial charge in [0, 0.05) is 12.5 Å². The summed E-state index contributed by atoms with van der Waals surface area (Å²) in [5.74, 6) is 0.148. The summed E-state index contributed by atoms with van der Waals surface area (Å²) in [4.78, 5) is 10.6. The summed E-state index contributed by atoms with van der Waals surface area (Å²) in [6.45, 7) is 4.24. The Bertz CT molecular complexity index is 154. The van der Waals surface area contributed by atoms with Gasteiger partial charge in [0.25, 0.3) is 0 Å². The molecule has 1 rings (SSSR count). The number of ketones is 1. The van der Waals surface area contributed by atoms with E-state index < -0.39 is 0 Å². The topological polar surface area (TPSA) is 17.1 Å². The monoisotopic (exact) mass is 123 g/mol. The molecule has 9 heavy (non-hydrogen) atoms. The number of allylic oxidation sites excluding steroid dienone is 2. The number of rotatable bonds is 0. The molecule has 0 atom stereocenters. The third-order valence-electron chi connectivity index (χ3n) is 1.62. The highest BCUT2D eigenvalue weighted by Gasteiger charge is 2.19. The van der Waals surface area contributed by atoms with E-state index in [4.69, 9.17) is 0 Å². The van der Waals surface area contributed by atoms with Crippen molar-refractivity contribution in [1.29, 1.82) is 0 Å². The molecule has 0 fully saturated rings. The first-order chi connectivity index (χ1) is 4.10. The Morgan fingerprint density at radius 2 is 2.33 bits per heavy atom. The number of Topliss-reactive ketones (excluding diaryl/α,β-unsaturated/α-hetero) is 1. The Kier molecular flexibility index (Phi) is 1.43. The molecule has 0 N–H and O–H groups in total. The van der Waals surface area contributed by atoms with Gasteiger partial charge in [-0.15, -0.1) is 0 Å². The first kappa shape index (κ1) is 6.53. The van der Waals surface area contributed by atoms with E-state index in [9.17, 15) is 4.79 Å². The molecule has 0 aliphatic heterocycles. The zero-order valence-corrected chi connectivity index (χ0v) is 5.90. The second-order valence-corrected chi connectivity index (χ2v) is 3.20. The number of hydrogen-bond acceptors (Lipinski definition) is 1. The minimum Gasteiger partial charge on any atom is -0.294 e. The Morgan fingerprint density at radius 1 is 1.67 bits per heavy atom. The second-order valence-electron chi connectivity index (χ2n) is 3.20. The Morgan fingerprint density at radius 3 is 2.67 bits per heavy atom. The van der Waals surface area contributed by atoms with Crippen molar-refractivity contribution in [3.05, 3.63) is 12.2 Å². The lowest BCUT2D eigenvalue weighted by Gasteiger charge is -2.21. The van der Waals surface area contributed by atoms with E-state index in [1.165, 1.54) is 0 Å². The molecule has 0 aromatic carbocycles. The van der Waals surface area contributed by atoms with E-state index >= 15 is 0 Å². The molecule has 1 nitrogen and oxygen atoms in total. The second kappa shape index (κ2) is 1.98. The highest BCUT2D eigenvalue weighted by molar-refractivity contribution is 5.86. The average Bonchev–Trinajstić information content (AvgIpc) is 1.78. The first-order valence-electron chi connectivity index (χ1n) is 3.24. The normalized spacial score (nSPS) is 24.4.